The molecule has 0 aliphatic heterocycles. The lowest BCUT2D eigenvalue weighted by Gasteiger charge is -2.16. The maximum Gasteiger partial charge on any atom is 0.253 e. The number of carbonyl (C=O) groups excluding carboxylic acids is 1. The molecule has 0 bridgehead atoms. The quantitative estimate of drug-likeness (QED) is 0.585. The van der Waals surface area contributed by atoms with Crippen LogP contribution in [0.4, 0.5) is 5.69 Å². The van der Waals surface area contributed by atoms with Crippen molar-refractivity contribution in [1.29, 1.82) is 0 Å². The molecule has 0 unspecified atom stereocenters. The average Bonchev–Trinajstić information content (AvgIpc) is 2.34. The minimum Gasteiger partial charge on any atom is -0.341 e. The first-order chi connectivity index (χ1) is 8.33. The molecule has 0 saturated heterocycles. The van der Waals surface area contributed by atoms with E-state index < -0.39 is 9.84 Å². The zero-order chi connectivity index (χ0) is 13.8. The van der Waals surface area contributed by atoms with E-state index in [0.29, 0.717) is 11.3 Å². The van der Waals surface area contributed by atoms with Crippen molar-refractivity contribution in [3.8, 4) is 0 Å². The normalized spacial score (nSPS) is 11.1. The fourth-order valence-corrected chi connectivity index (χ4v) is 1.94. The highest BCUT2D eigenvalue weighted by atomic mass is 32.2. The second-order valence-electron chi connectivity index (χ2n) is 4.08. The lowest BCUT2D eigenvalue weighted by molar-refractivity contribution is 0.0803. The van der Waals surface area contributed by atoms with Gasteiger partial charge in [-0.05, 0) is 24.3 Å². The van der Waals surface area contributed by atoms with E-state index in [9.17, 15) is 13.2 Å². The summed E-state index contributed by atoms with van der Waals surface area (Å²) in [6, 6.07) is 6.62. The van der Waals surface area contributed by atoms with Crippen LogP contribution in [-0.4, -0.2) is 44.8 Å². The molecule has 0 aliphatic rings. The summed E-state index contributed by atoms with van der Waals surface area (Å²) in [6.45, 7) is 0.175. The number of carbonyl (C=O) groups is 1. The summed E-state index contributed by atoms with van der Waals surface area (Å²) >= 11 is 0. The van der Waals surface area contributed by atoms with Crippen LogP contribution in [0, 0.1) is 0 Å². The molecule has 0 saturated carbocycles. The average molecular weight is 271 g/mol. The minimum atomic E-state index is -3.07. The fraction of sp³-hybridized carbons (Fsp3) is 0.364. The highest BCUT2D eigenvalue weighted by Gasteiger charge is 2.13. The molecule has 6 nitrogen and oxygen atoms in total. The summed E-state index contributed by atoms with van der Waals surface area (Å²) in [5, 5.41) is 0. The van der Waals surface area contributed by atoms with E-state index in [-0.39, 0.29) is 18.2 Å². The van der Waals surface area contributed by atoms with Gasteiger partial charge in [-0.2, -0.15) is 0 Å². The standard InChI is InChI=1S/C11H17N3O3S/c1-14(7-8-18(2,16)17)11(15)9-3-5-10(13-12)6-4-9/h3-6,13H,7-8,12H2,1-2H3. The zero-order valence-electron chi connectivity index (χ0n) is 10.4. The Balaban J connectivity index is 2.68. The number of hydrazine groups is 1. The number of sulfone groups is 1. The number of hydrogen-bond donors (Lipinski definition) is 2. The third-order valence-corrected chi connectivity index (χ3v) is 3.37. The van der Waals surface area contributed by atoms with E-state index in [1.165, 1.54) is 4.90 Å². The van der Waals surface area contributed by atoms with E-state index in [4.69, 9.17) is 5.84 Å². The van der Waals surface area contributed by atoms with Crippen molar-refractivity contribution in [3.63, 3.8) is 0 Å². The summed E-state index contributed by atoms with van der Waals surface area (Å²) in [6.07, 6.45) is 1.15. The summed E-state index contributed by atoms with van der Waals surface area (Å²) in [7, 11) is -1.49. The van der Waals surface area contributed by atoms with Crippen molar-refractivity contribution in [1.82, 2.24) is 4.90 Å². The number of hydrogen-bond acceptors (Lipinski definition) is 5. The molecular formula is C11H17N3O3S. The molecule has 0 fully saturated rings. The zero-order valence-corrected chi connectivity index (χ0v) is 11.2. The summed E-state index contributed by atoms with van der Waals surface area (Å²) in [5.74, 6) is 4.96. The highest BCUT2D eigenvalue weighted by molar-refractivity contribution is 7.90. The van der Waals surface area contributed by atoms with Gasteiger partial charge in [0.15, 0.2) is 0 Å². The van der Waals surface area contributed by atoms with Gasteiger partial charge >= 0.3 is 0 Å². The van der Waals surface area contributed by atoms with Gasteiger partial charge in [-0.3, -0.25) is 10.6 Å². The number of rotatable bonds is 5. The summed E-state index contributed by atoms with van der Waals surface area (Å²) in [4.78, 5) is 13.3. The van der Waals surface area contributed by atoms with Crippen molar-refractivity contribution >= 4 is 21.4 Å². The number of nitrogens with two attached hydrogens (primary N) is 1. The second kappa shape index (κ2) is 5.83. The Hall–Kier alpha value is -1.60. The van der Waals surface area contributed by atoms with Gasteiger partial charge in [-0.15, -0.1) is 0 Å². The molecule has 18 heavy (non-hydrogen) atoms. The van der Waals surface area contributed by atoms with E-state index in [1.807, 2.05) is 0 Å². The van der Waals surface area contributed by atoms with Crippen LogP contribution >= 0.6 is 0 Å². The monoisotopic (exact) mass is 271 g/mol. The lowest BCUT2D eigenvalue weighted by atomic mass is 10.2. The van der Waals surface area contributed by atoms with Gasteiger partial charge in [-0.25, -0.2) is 8.42 Å². The largest absolute Gasteiger partial charge is 0.341 e. The molecule has 0 aromatic heterocycles. The highest BCUT2D eigenvalue weighted by Crippen LogP contribution is 2.09. The summed E-state index contributed by atoms with van der Waals surface area (Å²) in [5.41, 5.74) is 3.65. The first kappa shape index (κ1) is 14.5. The second-order valence-corrected chi connectivity index (χ2v) is 6.34. The number of anilines is 1. The van der Waals surface area contributed by atoms with Crippen LogP contribution in [0.3, 0.4) is 0 Å². The Bertz CT molecular complexity index is 511. The molecule has 100 valence electrons. The molecule has 0 atom stereocenters. The van der Waals surface area contributed by atoms with Crippen molar-refractivity contribution in [2.24, 2.45) is 5.84 Å². The summed E-state index contributed by atoms with van der Waals surface area (Å²) < 4.78 is 22.0. The van der Waals surface area contributed by atoms with Gasteiger partial charge in [-0.1, -0.05) is 0 Å². The van der Waals surface area contributed by atoms with Gasteiger partial charge in [0.1, 0.15) is 9.84 Å². The van der Waals surface area contributed by atoms with Crippen LogP contribution in [-0.2, 0) is 9.84 Å². The van der Waals surface area contributed by atoms with Gasteiger partial charge in [0, 0.05) is 31.1 Å². The molecule has 0 aliphatic carbocycles. The SMILES string of the molecule is CN(CCS(C)(=O)=O)C(=O)c1ccc(NN)cc1. The maximum atomic E-state index is 11.9. The third-order valence-electron chi connectivity index (χ3n) is 2.44. The number of nitrogens with one attached hydrogen (secondary N) is 1. The Kier molecular flexibility index (Phi) is 4.69. The molecule has 1 rings (SSSR count). The van der Waals surface area contributed by atoms with Gasteiger partial charge in [0.25, 0.3) is 5.91 Å². The van der Waals surface area contributed by atoms with Gasteiger partial charge in [0.2, 0.25) is 0 Å². The van der Waals surface area contributed by atoms with Crippen LogP contribution in [0.25, 0.3) is 0 Å². The fourth-order valence-electron chi connectivity index (χ4n) is 1.33. The molecule has 7 heteroatoms. The minimum absolute atomic E-state index is 0.0440. The first-order valence-electron chi connectivity index (χ1n) is 5.33. The molecule has 1 aromatic carbocycles. The van der Waals surface area contributed by atoms with Gasteiger partial charge in [0.05, 0.1) is 5.75 Å². The van der Waals surface area contributed by atoms with Crippen LogP contribution < -0.4 is 11.3 Å². The Morgan fingerprint density at radius 2 is 1.89 bits per heavy atom. The third kappa shape index (κ3) is 4.34. The predicted molar refractivity (Wildman–Crippen MR) is 70.9 cm³/mol. The van der Waals surface area contributed by atoms with E-state index >= 15 is 0 Å². The first-order valence-corrected chi connectivity index (χ1v) is 7.39. The van der Waals surface area contributed by atoms with E-state index in [1.54, 1.807) is 31.3 Å². The van der Waals surface area contributed by atoms with Crippen LogP contribution in [0.2, 0.25) is 0 Å². The molecule has 0 radical (unpaired) electrons. The maximum absolute atomic E-state index is 11.9. The van der Waals surface area contributed by atoms with Gasteiger partial charge < -0.3 is 10.3 Å². The molecule has 1 amide bonds. The molecular weight excluding hydrogens is 254 g/mol. The van der Waals surface area contributed by atoms with Crippen LogP contribution in [0.5, 0.6) is 0 Å². The number of amides is 1. The molecule has 3 N–H and O–H groups in total. The van der Waals surface area contributed by atoms with E-state index in [0.717, 1.165) is 6.26 Å². The number of nitrogen functional groups attached to an aromatic ring is 1. The smallest absolute Gasteiger partial charge is 0.253 e. The predicted octanol–water partition coefficient (Wildman–Crippen LogP) is 0.0888. The Labute approximate surface area is 107 Å². The molecule has 0 spiro atoms. The van der Waals surface area contributed by atoms with E-state index in [2.05, 4.69) is 5.43 Å². The van der Waals surface area contributed by atoms with Crippen molar-refractivity contribution < 1.29 is 13.2 Å². The lowest BCUT2D eigenvalue weighted by Crippen LogP contribution is -2.31. The Morgan fingerprint density at radius 1 is 1.33 bits per heavy atom. The van der Waals surface area contributed by atoms with Crippen LogP contribution in [0.1, 0.15) is 10.4 Å². The molecule has 0 heterocycles. The Morgan fingerprint density at radius 3 is 2.33 bits per heavy atom. The van der Waals surface area contributed by atoms with Crippen molar-refractivity contribution in [2.45, 2.75) is 0 Å². The van der Waals surface area contributed by atoms with Crippen LogP contribution in [0.15, 0.2) is 24.3 Å². The van der Waals surface area contributed by atoms with Crippen molar-refractivity contribution in [3.05, 3.63) is 29.8 Å². The topological polar surface area (TPSA) is 92.5 Å². The number of benzene rings is 1. The van der Waals surface area contributed by atoms with Crippen molar-refractivity contribution in [2.75, 3.05) is 31.0 Å². The number of nitrogens with zero attached hydrogens (tertiary/aromatic N) is 1. The molecule has 1 aromatic rings.